The Labute approximate surface area is 159 Å². The number of nitrogens with zero attached hydrogens (tertiary/aromatic N) is 3. The van der Waals surface area contributed by atoms with Crippen LogP contribution in [0.2, 0.25) is 0 Å². The van der Waals surface area contributed by atoms with Gasteiger partial charge in [0.05, 0.1) is 18.3 Å². The van der Waals surface area contributed by atoms with Crippen LogP contribution in [0.4, 0.5) is 5.95 Å². The highest BCUT2D eigenvalue weighted by atomic mass is 32.1. The fourth-order valence-electron chi connectivity index (χ4n) is 2.51. The van der Waals surface area contributed by atoms with Crippen molar-refractivity contribution in [1.29, 1.82) is 0 Å². The maximum atomic E-state index is 12.8. The van der Waals surface area contributed by atoms with Gasteiger partial charge in [0, 0.05) is 6.54 Å². The first-order valence-electron chi connectivity index (χ1n) is 8.20. The van der Waals surface area contributed by atoms with Crippen molar-refractivity contribution in [1.82, 2.24) is 14.8 Å². The number of methoxy groups -OCH3 is 1. The Morgan fingerprint density at radius 2 is 2.07 bits per heavy atom. The fraction of sp³-hybridized carbons (Fsp3) is 0.105. The van der Waals surface area contributed by atoms with Gasteiger partial charge < -0.3 is 14.5 Å². The predicted molar refractivity (Wildman–Crippen MR) is 102 cm³/mol. The van der Waals surface area contributed by atoms with E-state index >= 15 is 0 Å². The number of furan rings is 1. The van der Waals surface area contributed by atoms with Crippen molar-refractivity contribution in [2.45, 2.75) is 6.54 Å². The van der Waals surface area contributed by atoms with Crippen molar-refractivity contribution < 1.29 is 13.9 Å². The number of benzene rings is 1. The molecule has 3 aromatic heterocycles. The third-order valence-corrected chi connectivity index (χ3v) is 4.74. The minimum absolute atomic E-state index is 0.243. The first kappa shape index (κ1) is 17.0. The standard InChI is InChI=1S/C19H16N4O3S/c1-25-14-8-6-13(7-9-14)12-20-19-21-17(15-4-2-10-26-15)22-23(19)18(24)16-5-3-11-27-16/h2-11H,12H2,1H3,(H,20,21,22). The molecule has 7 nitrogen and oxygen atoms in total. The molecule has 0 aliphatic rings. The molecule has 0 fully saturated rings. The van der Waals surface area contributed by atoms with E-state index in [1.54, 1.807) is 31.6 Å². The smallest absolute Gasteiger partial charge is 0.291 e. The van der Waals surface area contributed by atoms with Gasteiger partial charge in [0.15, 0.2) is 5.76 Å². The van der Waals surface area contributed by atoms with Crippen LogP contribution in [0.5, 0.6) is 5.75 Å². The number of thiophene rings is 1. The molecule has 0 saturated heterocycles. The molecule has 0 aliphatic heterocycles. The second-order valence-corrected chi connectivity index (χ2v) is 6.58. The van der Waals surface area contributed by atoms with E-state index in [2.05, 4.69) is 15.4 Å². The monoisotopic (exact) mass is 380 g/mol. The fourth-order valence-corrected chi connectivity index (χ4v) is 3.16. The molecule has 1 N–H and O–H groups in total. The molecule has 0 radical (unpaired) electrons. The molecule has 27 heavy (non-hydrogen) atoms. The van der Waals surface area contributed by atoms with E-state index < -0.39 is 0 Å². The average molecular weight is 380 g/mol. The molecule has 1 aromatic carbocycles. The summed E-state index contributed by atoms with van der Waals surface area (Å²) in [6.07, 6.45) is 1.54. The van der Waals surface area contributed by atoms with Gasteiger partial charge in [-0.2, -0.15) is 9.67 Å². The molecule has 0 atom stereocenters. The van der Waals surface area contributed by atoms with Crippen LogP contribution in [-0.2, 0) is 6.54 Å². The number of carbonyl (C=O) groups is 1. The molecule has 0 unspecified atom stereocenters. The minimum atomic E-state index is -0.243. The molecular formula is C19H16N4O3S. The number of carbonyl (C=O) groups excluding carboxylic acids is 1. The number of rotatable bonds is 6. The van der Waals surface area contributed by atoms with Crippen molar-refractivity contribution >= 4 is 23.2 Å². The Kier molecular flexibility index (Phi) is 4.71. The van der Waals surface area contributed by atoms with Gasteiger partial charge in [-0.1, -0.05) is 18.2 Å². The zero-order valence-corrected chi connectivity index (χ0v) is 15.3. The molecule has 0 saturated carbocycles. The van der Waals surface area contributed by atoms with E-state index in [-0.39, 0.29) is 5.91 Å². The zero-order chi connectivity index (χ0) is 18.6. The summed E-state index contributed by atoms with van der Waals surface area (Å²) < 4.78 is 11.8. The van der Waals surface area contributed by atoms with E-state index in [4.69, 9.17) is 9.15 Å². The highest BCUT2D eigenvalue weighted by molar-refractivity contribution is 7.12. The Bertz CT molecular complexity index is 1020. The molecular weight excluding hydrogens is 364 g/mol. The third-order valence-electron chi connectivity index (χ3n) is 3.88. The van der Waals surface area contributed by atoms with Crippen molar-refractivity contribution in [2.24, 2.45) is 0 Å². The quantitative estimate of drug-likeness (QED) is 0.546. The van der Waals surface area contributed by atoms with Crippen LogP contribution in [0.25, 0.3) is 11.6 Å². The van der Waals surface area contributed by atoms with Crippen LogP contribution < -0.4 is 10.1 Å². The van der Waals surface area contributed by atoms with Gasteiger partial charge in [-0.3, -0.25) is 4.79 Å². The molecule has 0 spiro atoms. The number of hydrogen-bond donors (Lipinski definition) is 1. The van der Waals surface area contributed by atoms with Gasteiger partial charge >= 0.3 is 0 Å². The van der Waals surface area contributed by atoms with Crippen molar-refractivity contribution in [3.05, 3.63) is 70.6 Å². The number of ether oxygens (including phenoxy) is 1. The third kappa shape index (κ3) is 3.61. The van der Waals surface area contributed by atoms with Crippen LogP contribution in [0.3, 0.4) is 0 Å². The molecule has 136 valence electrons. The largest absolute Gasteiger partial charge is 0.497 e. The summed E-state index contributed by atoms with van der Waals surface area (Å²) in [6, 6.07) is 14.7. The van der Waals surface area contributed by atoms with Crippen LogP contribution in [0, 0.1) is 0 Å². The van der Waals surface area contributed by atoms with E-state index in [1.165, 1.54) is 16.0 Å². The molecule has 0 aliphatic carbocycles. The van der Waals surface area contributed by atoms with E-state index in [0.717, 1.165) is 11.3 Å². The van der Waals surface area contributed by atoms with Crippen molar-refractivity contribution in [2.75, 3.05) is 12.4 Å². The van der Waals surface area contributed by atoms with Gasteiger partial charge in [-0.25, -0.2) is 0 Å². The summed E-state index contributed by atoms with van der Waals surface area (Å²) in [6.45, 7) is 0.484. The lowest BCUT2D eigenvalue weighted by Gasteiger charge is -2.07. The molecule has 0 bridgehead atoms. The first-order valence-corrected chi connectivity index (χ1v) is 9.08. The maximum Gasteiger partial charge on any atom is 0.291 e. The predicted octanol–water partition coefficient (Wildman–Crippen LogP) is 3.91. The summed E-state index contributed by atoms with van der Waals surface area (Å²) in [5.74, 6) is 1.75. The zero-order valence-electron chi connectivity index (χ0n) is 14.5. The van der Waals surface area contributed by atoms with Gasteiger partial charge in [-0.15, -0.1) is 16.4 Å². The van der Waals surface area contributed by atoms with E-state index in [0.29, 0.717) is 29.0 Å². The SMILES string of the molecule is COc1ccc(CNc2nc(-c3ccco3)nn2C(=O)c2cccs2)cc1. The highest BCUT2D eigenvalue weighted by Crippen LogP contribution is 2.21. The maximum absolute atomic E-state index is 12.8. The molecule has 0 amide bonds. The molecule has 8 heteroatoms. The summed E-state index contributed by atoms with van der Waals surface area (Å²) in [7, 11) is 1.63. The van der Waals surface area contributed by atoms with Gasteiger partial charge in [0.1, 0.15) is 5.75 Å². The summed E-state index contributed by atoms with van der Waals surface area (Å²) >= 11 is 1.36. The van der Waals surface area contributed by atoms with Gasteiger partial charge in [0.2, 0.25) is 11.8 Å². The Hall–Kier alpha value is -3.39. The first-order chi connectivity index (χ1) is 13.2. The lowest BCUT2D eigenvalue weighted by atomic mass is 10.2. The summed E-state index contributed by atoms with van der Waals surface area (Å²) in [5.41, 5.74) is 1.02. The Morgan fingerprint density at radius 1 is 1.22 bits per heavy atom. The van der Waals surface area contributed by atoms with Crippen molar-refractivity contribution in [3.8, 4) is 17.3 Å². The topological polar surface area (TPSA) is 82.2 Å². The lowest BCUT2D eigenvalue weighted by molar-refractivity contribution is 0.0951. The molecule has 4 aromatic rings. The average Bonchev–Trinajstić information content (AvgIpc) is 3.47. The number of hydrogen-bond acceptors (Lipinski definition) is 7. The Morgan fingerprint density at radius 3 is 2.74 bits per heavy atom. The second kappa shape index (κ2) is 7.46. The Balaban J connectivity index is 1.62. The van der Waals surface area contributed by atoms with Crippen LogP contribution >= 0.6 is 11.3 Å². The second-order valence-electron chi connectivity index (χ2n) is 5.63. The number of anilines is 1. The van der Waals surface area contributed by atoms with E-state index in [1.807, 2.05) is 35.7 Å². The van der Waals surface area contributed by atoms with Crippen LogP contribution in [0.1, 0.15) is 15.2 Å². The van der Waals surface area contributed by atoms with Crippen LogP contribution in [-0.4, -0.2) is 27.8 Å². The van der Waals surface area contributed by atoms with E-state index in [9.17, 15) is 4.79 Å². The summed E-state index contributed by atoms with van der Waals surface area (Å²) in [4.78, 5) is 17.8. The van der Waals surface area contributed by atoms with Crippen molar-refractivity contribution in [3.63, 3.8) is 0 Å². The van der Waals surface area contributed by atoms with Gasteiger partial charge in [0.25, 0.3) is 5.91 Å². The number of nitrogens with one attached hydrogen (secondary N) is 1. The minimum Gasteiger partial charge on any atom is -0.497 e. The van der Waals surface area contributed by atoms with Crippen LogP contribution in [0.15, 0.2) is 64.6 Å². The number of aromatic nitrogens is 3. The molecule has 4 rings (SSSR count). The molecule has 3 heterocycles. The van der Waals surface area contributed by atoms with Gasteiger partial charge in [-0.05, 0) is 41.3 Å². The lowest BCUT2D eigenvalue weighted by Crippen LogP contribution is -2.16. The summed E-state index contributed by atoms with van der Waals surface area (Å²) in [5, 5.41) is 9.37. The normalized spacial score (nSPS) is 10.7. The highest BCUT2D eigenvalue weighted by Gasteiger charge is 2.20.